The summed E-state index contributed by atoms with van der Waals surface area (Å²) in [7, 11) is 0. The average molecular weight is 208 g/mol. The maximum absolute atomic E-state index is 6.11. The first-order valence-electron chi connectivity index (χ1n) is 5.88. The Labute approximate surface area is 93.5 Å². The van der Waals surface area contributed by atoms with E-state index >= 15 is 0 Å². The van der Waals surface area contributed by atoms with E-state index in [1.165, 1.54) is 17.0 Å². The molecule has 0 aliphatic heterocycles. The predicted molar refractivity (Wildman–Crippen MR) is 66.1 cm³/mol. The van der Waals surface area contributed by atoms with Crippen LogP contribution in [0.2, 0.25) is 0 Å². The molecule has 2 heteroatoms. The van der Waals surface area contributed by atoms with Crippen molar-refractivity contribution in [2.75, 3.05) is 0 Å². The highest BCUT2D eigenvalue weighted by atomic mass is 15.0. The number of rotatable bonds is 4. The topological polar surface area (TPSA) is 30.9 Å². The summed E-state index contributed by atoms with van der Waals surface area (Å²) in [5, 5.41) is 0. The molecule has 1 aromatic rings. The van der Waals surface area contributed by atoms with Crippen LogP contribution in [0.15, 0.2) is 6.07 Å². The summed E-state index contributed by atoms with van der Waals surface area (Å²) in [4.78, 5) is 0. The van der Waals surface area contributed by atoms with E-state index in [9.17, 15) is 0 Å². The first-order chi connectivity index (χ1) is 6.97. The summed E-state index contributed by atoms with van der Waals surface area (Å²) in [6, 6.07) is 2.55. The van der Waals surface area contributed by atoms with Gasteiger partial charge in [-0.2, -0.15) is 0 Å². The van der Waals surface area contributed by atoms with Gasteiger partial charge in [0.05, 0.1) is 0 Å². The smallest absolute Gasteiger partial charge is 0.0196 e. The lowest BCUT2D eigenvalue weighted by atomic mass is 9.97. The van der Waals surface area contributed by atoms with Gasteiger partial charge >= 0.3 is 0 Å². The van der Waals surface area contributed by atoms with Crippen molar-refractivity contribution in [1.82, 2.24) is 4.57 Å². The van der Waals surface area contributed by atoms with Gasteiger partial charge < -0.3 is 10.3 Å². The summed E-state index contributed by atoms with van der Waals surface area (Å²) in [5.74, 6) is 0.551. The Morgan fingerprint density at radius 2 is 1.93 bits per heavy atom. The minimum Gasteiger partial charge on any atom is -0.349 e. The van der Waals surface area contributed by atoms with Crippen LogP contribution < -0.4 is 5.73 Å². The molecule has 2 nitrogen and oxygen atoms in total. The van der Waals surface area contributed by atoms with E-state index in [1.54, 1.807) is 0 Å². The Bertz CT molecular complexity index is 324. The van der Waals surface area contributed by atoms with Gasteiger partial charge in [0.25, 0.3) is 0 Å². The molecular weight excluding hydrogens is 184 g/mol. The summed E-state index contributed by atoms with van der Waals surface area (Å²) >= 11 is 0. The molecule has 0 aromatic carbocycles. The van der Waals surface area contributed by atoms with E-state index in [0.717, 1.165) is 13.0 Å². The molecule has 0 aliphatic carbocycles. The molecule has 0 aliphatic rings. The second kappa shape index (κ2) is 4.84. The largest absolute Gasteiger partial charge is 0.349 e. The maximum atomic E-state index is 6.11. The number of hydrogen-bond acceptors (Lipinski definition) is 1. The Morgan fingerprint density at radius 1 is 1.33 bits per heavy atom. The average Bonchev–Trinajstić information content (AvgIpc) is 2.41. The standard InChI is InChI=1S/C13H24N2/c1-6-15-10(4)7-12(11(15)5)8-13(14)9(2)3/h7,9,13H,6,8,14H2,1-5H3. The molecule has 0 saturated heterocycles. The Balaban J connectivity index is 2.87. The van der Waals surface area contributed by atoms with Gasteiger partial charge in [-0.1, -0.05) is 13.8 Å². The van der Waals surface area contributed by atoms with Gasteiger partial charge in [0.15, 0.2) is 0 Å². The third-order valence-corrected chi connectivity index (χ3v) is 3.31. The van der Waals surface area contributed by atoms with Crippen LogP contribution in [0, 0.1) is 19.8 Å². The molecule has 86 valence electrons. The molecule has 0 spiro atoms. The number of nitrogens with two attached hydrogens (primary N) is 1. The lowest BCUT2D eigenvalue weighted by Crippen LogP contribution is -2.28. The van der Waals surface area contributed by atoms with Gasteiger partial charge in [0.1, 0.15) is 0 Å². The summed E-state index contributed by atoms with van der Waals surface area (Å²) in [6.45, 7) is 12.0. The molecule has 1 aromatic heterocycles. The summed E-state index contributed by atoms with van der Waals surface area (Å²) in [5.41, 5.74) is 10.3. The molecule has 1 unspecified atom stereocenters. The van der Waals surface area contributed by atoms with E-state index in [0.29, 0.717) is 5.92 Å². The fraction of sp³-hybridized carbons (Fsp3) is 0.692. The van der Waals surface area contributed by atoms with Crippen molar-refractivity contribution in [1.29, 1.82) is 0 Å². The van der Waals surface area contributed by atoms with Crippen molar-refractivity contribution in [2.45, 2.75) is 53.6 Å². The fourth-order valence-corrected chi connectivity index (χ4v) is 2.06. The highest BCUT2D eigenvalue weighted by molar-refractivity contribution is 5.27. The second-order valence-corrected chi connectivity index (χ2v) is 4.75. The second-order valence-electron chi connectivity index (χ2n) is 4.75. The third kappa shape index (κ3) is 2.63. The van der Waals surface area contributed by atoms with E-state index in [-0.39, 0.29) is 6.04 Å². The molecule has 0 bridgehead atoms. The molecule has 15 heavy (non-hydrogen) atoms. The van der Waals surface area contributed by atoms with Gasteiger partial charge in [-0.15, -0.1) is 0 Å². The van der Waals surface area contributed by atoms with E-state index in [2.05, 4.69) is 45.3 Å². The SMILES string of the molecule is CCn1c(C)cc(CC(N)C(C)C)c1C. The first kappa shape index (κ1) is 12.3. The number of aryl methyl sites for hydroxylation is 1. The molecule has 1 atom stereocenters. The summed E-state index contributed by atoms with van der Waals surface area (Å²) in [6.07, 6.45) is 0.997. The van der Waals surface area contributed by atoms with Crippen molar-refractivity contribution in [3.8, 4) is 0 Å². The van der Waals surface area contributed by atoms with Crippen molar-refractivity contribution in [3.63, 3.8) is 0 Å². The van der Waals surface area contributed by atoms with Crippen LogP contribution in [0.3, 0.4) is 0 Å². The zero-order chi connectivity index (χ0) is 11.6. The van der Waals surface area contributed by atoms with Crippen molar-refractivity contribution < 1.29 is 0 Å². The Morgan fingerprint density at radius 3 is 2.33 bits per heavy atom. The van der Waals surface area contributed by atoms with Gasteiger partial charge in [-0.25, -0.2) is 0 Å². The predicted octanol–water partition coefficient (Wildman–Crippen LogP) is 2.65. The van der Waals surface area contributed by atoms with Crippen LogP contribution >= 0.6 is 0 Å². The molecule has 1 rings (SSSR count). The first-order valence-corrected chi connectivity index (χ1v) is 5.88. The van der Waals surface area contributed by atoms with Crippen molar-refractivity contribution >= 4 is 0 Å². The monoisotopic (exact) mass is 208 g/mol. The highest BCUT2D eigenvalue weighted by Crippen LogP contribution is 2.17. The van der Waals surface area contributed by atoms with Gasteiger partial charge in [-0.05, 0) is 44.7 Å². The molecule has 2 N–H and O–H groups in total. The normalized spacial score (nSPS) is 13.5. The van der Waals surface area contributed by atoms with E-state index in [1.807, 2.05) is 0 Å². The van der Waals surface area contributed by atoms with Crippen LogP contribution in [0.25, 0.3) is 0 Å². The maximum Gasteiger partial charge on any atom is 0.0196 e. The number of nitrogens with zero attached hydrogens (tertiary/aromatic N) is 1. The lowest BCUT2D eigenvalue weighted by molar-refractivity contribution is 0.489. The van der Waals surface area contributed by atoms with Crippen LogP contribution in [0.4, 0.5) is 0 Å². The van der Waals surface area contributed by atoms with Crippen molar-refractivity contribution in [3.05, 3.63) is 23.0 Å². The molecule has 0 saturated carbocycles. The van der Waals surface area contributed by atoms with Crippen molar-refractivity contribution in [2.24, 2.45) is 11.7 Å². The van der Waals surface area contributed by atoms with Gasteiger partial charge in [-0.3, -0.25) is 0 Å². The van der Waals surface area contributed by atoms with Crippen LogP contribution in [-0.2, 0) is 13.0 Å². The molecule has 1 heterocycles. The van der Waals surface area contributed by atoms with Gasteiger partial charge in [0.2, 0.25) is 0 Å². The fourth-order valence-electron chi connectivity index (χ4n) is 2.06. The lowest BCUT2D eigenvalue weighted by Gasteiger charge is -2.15. The number of hydrogen-bond donors (Lipinski definition) is 1. The van der Waals surface area contributed by atoms with Crippen LogP contribution in [0.1, 0.15) is 37.7 Å². The minimum absolute atomic E-state index is 0.274. The quantitative estimate of drug-likeness (QED) is 0.810. The molecule has 0 radical (unpaired) electrons. The zero-order valence-corrected chi connectivity index (χ0v) is 10.7. The molecule has 0 fully saturated rings. The third-order valence-electron chi connectivity index (χ3n) is 3.31. The molecule has 0 amide bonds. The Hall–Kier alpha value is -0.760. The zero-order valence-electron chi connectivity index (χ0n) is 10.7. The number of aromatic nitrogens is 1. The van der Waals surface area contributed by atoms with E-state index < -0.39 is 0 Å². The van der Waals surface area contributed by atoms with Gasteiger partial charge in [0, 0.05) is 24.0 Å². The Kier molecular flexibility index (Phi) is 3.97. The van der Waals surface area contributed by atoms with E-state index in [4.69, 9.17) is 5.73 Å². The summed E-state index contributed by atoms with van der Waals surface area (Å²) < 4.78 is 2.35. The minimum atomic E-state index is 0.274. The molecular formula is C13H24N2. The van der Waals surface area contributed by atoms with Crippen LogP contribution in [0.5, 0.6) is 0 Å². The highest BCUT2D eigenvalue weighted by Gasteiger charge is 2.13. The van der Waals surface area contributed by atoms with Crippen LogP contribution in [-0.4, -0.2) is 10.6 Å².